The highest BCUT2D eigenvalue weighted by atomic mass is 32.2. The summed E-state index contributed by atoms with van der Waals surface area (Å²) in [6, 6.07) is 8.90. The van der Waals surface area contributed by atoms with Gasteiger partial charge in [0.25, 0.3) is 0 Å². The van der Waals surface area contributed by atoms with E-state index in [4.69, 9.17) is 0 Å². The predicted octanol–water partition coefficient (Wildman–Crippen LogP) is 4.55. The Hall–Kier alpha value is -1.88. The number of hydrogen-bond acceptors (Lipinski definition) is 5. The summed E-state index contributed by atoms with van der Waals surface area (Å²) < 4.78 is 0. The molecule has 2 aromatic rings. The van der Waals surface area contributed by atoms with Crippen LogP contribution in [0.4, 0.5) is 5.95 Å². The van der Waals surface area contributed by atoms with Gasteiger partial charge in [-0.15, -0.1) is 0 Å². The van der Waals surface area contributed by atoms with Gasteiger partial charge in [0.05, 0.1) is 0 Å². The largest absolute Gasteiger partial charge is 0.351 e. The van der Waals surface area contributed by atoms with Crippen LogP contribution in [0.25, 0.3) is 6.08 Å². The van der Waals surface area contributed by atoms with Crippen molar-refractivity contribution in [2.45, 2.75) is 49.1 Å². The Labute approximate surface area is 141 Å². The lowest BCUT2D eigenvalue weighted by molar-refractivity contribution is 0.460. The number of benzene rings is 1. The van der Waals surface area contributed by atoms with Crippen molar-refractivity contribution in [1.29, 1.82) is 0 Å². The SMILES string of the molecule is C=Cc1ccc(CSc2ncnc(NC3CCCCC3)n2)cc1. The summed E-state index contributed by atoms with van der Waals surface area (Å²) in [6.07, 6.45) is 9.82. The van der Waals surface area contributed by atoms with E-state index in [0.29, 0.717) is 12.0 Å². The molecule has 1 aliphatic carbocycles. The number of nitrogens with one attached hydrogen (secondary N) is 1. The molecule has 0 bridgehead atoms. The van der Waals surface area contributed by atoms with Gasteiger partial charge in [-0.2, -0.15) is 4.98 Å². The van der Waals surface area contributed by atoms with Crippen molar-refractivity contribution in [2.24, 2.45) is 0 Å². The Kier molecular flexibility index (Phi) is 5.64. The third kappa shape index (κ3) is 4.79. The summed E-state index contributed by atoms with van der Waals surface area (Å²) in [4.78, 5) is 13.0. The van der Waals surface area contributed by atoms with Gasteiger partial charge in [0, 0.05) is 11.8 Å². The van der Waals surface area contributed by atoms with Gasteiger partial charge in [-0.05, 0) is 24.0 Å². The van der Waals surface area contributed by atoms with Gasteiger partial charge in [0.15, 0.2) is 5.16 Å². The van der Waals surface area contributed by atoms with Crippen LogP contribution in [0.5, 0.6) is 0 Å². The second-order valence-electron chi connectivity index (χ2n) is 5.81. The number of anilines is 1. The number of nitrogens with zero attached hydrogens (tertiary/aromatic N) is 3. The smallest absolute Gasteiger partial charge is 0.226 e. The van der Waals surface area contributed by atoms with E-state index in [0.717, 1.165) is 16.5 Å². The summed E-state index contributed by atoms with van der Waals surface area (Å²) >= 11 is 1.64. The summed E-state index contributed by atoms with van der Waals surface area (Å²) in [5.74, 6) is 1.56. The van der Waals surface area contributed by atoms with E-state index in [2.05, 4.69) is 51.1 Å². The second-order valence-corrected chi connectivity index (χ2v) is 6.75. The Morgan fingerprint density at radius 2 is 1.91 bits per heavy atom. The van der Waals surface area contributed by atoms with Crippen LogP contribution in [0, 0.1) is 0 Å². The molecule has 0 spiro atoms. The maximum atomic E-state index is 4.53. The minimum absolute atomic E-state index is 0.510. The van der Waals surface area contributed by atoms with Gasteiger partial charge in [0.2, 0.25) is 5.95 Å². The van der Waals surface area contributed by atoms with Crippen LogP contribution in [0.15, 0.2) is 42.3 Å². The zero-order chi connectivity index (χ0) is 15.9. The Bertz CT molecular complexity index is 636. The minimum Gasteiger partial charge on any atom is -0.351 e. The van der Waals surface area contributed by atoms with Gasteiger partial charge < -0.3 is 5.32 Å². The van der Waals surface area contributed by atoms with E-state index >= 15 is 0 Å². The average molecular weight is 326 g/mol. The molecule has 1 fully saturated rings. The van der Waals surface area contributed by atoms with Crippen molar-refractivity contribution in [3.63, 3.8) is 0 Å². The Morgan fingerprint density at radius 1 is 1.13 bits per heavy atom. The van der Waals surface area contributed by atoms with Gasteiger partial charge >= 0.3 is 0 Å². The highest BCUT2D eigenvalue weighted by Crippen LogP contribution is 2.22. The first kappa shape index (κ1) is 16.0. The van der Waals surface area contributed by atoms with Crippen molar-refractivity contribution in [2.75, 3.05) is 5.32 Å². The molecule has 23 heavy (non-hydrogen) atoms. The number of aromatic nitrogens is 3. The fourth-order valence-electron chi connectivity index (χ4n) is 2.75. The van der Waals surface area contributed by atoms with Gasteiger partial charge in [-0.25, -0.2) is 9.97 Å². The molecule has 0 unspecified atom stereocenters. The second kappa shape index (κ2) is 8.11. The predicted molar refractivity (Wildman–Crippen MR) is 96.4 cm³/mol. The molecule has 1 aromatic heterocycles. The van der Waals surface area contributed by atoms with Crippen molar-refractivity contribution < 1.29 is 0 Å². The van der Waals surface area contributed by atoms with E-state index in [1.165, 1.54) is 37.7 Å². The Balaban J connectivity index is 1.57. The summed E-state index contributed by atoms with van der Waals surface area (Å²) in [7, 11) is 0. The molecule has 5 heteroatoms. The molecular weight excluding hydrogens is 304 g/mol. The normalized spacial score (nSPS) is 15.3. The number of thioether (sulfide) groups is 1. The lowest BCUT2D eigenvalue weighted by Gasteiger charge is -2.22. The van der Waals surface area contributed by atoms with E-state index < -0.39 is 0 Å². The zero-order valence-corrected chi connectivity index (χ0v) is 14.1. The zero-order valence-electron chi connectivity index (χ0n) is 13.2. The first-order valence-corrected chi connectivity index (χ1v) is 9.12. The lowest BCUT2D eigenvalue weighted by atomic mass is 9.96. The number of hydrogen-bond donors (Lipinski definition) is 1. The fraction of sp³-hybridized carbons (Fsp3) is 0.389. The maximum Gasteiger partial charge on any atom is 0.226 e. The van der Waals surface area contributed by atoms with Crippen LogP contribution in [-0.4, -0.2) is 21.0 Å². The van der Waals surface area contributed by atoms with Gasteiger partial charge in [-0.1, -0.05) is 67.9 Å². The molecule has 3 rings (SSSR count). The van der Waals surface area contributed by atoms with Crippen molar-refractivity contribution in [1.82, 2.24) is 15.0 Å². The first-order valence-electron chi connectivity index (χ1n) is 8.13. The van der Waals surface area contributed by atoms with Gasteiger partial charge in [0.1, 0.15) is 6.33 Å². The third-order valence-corrected chi connectivity index (χ3v) is 5.00. The van der Waals surface area contributed by atoms with Crippen LogP contribution in [0.1, 0.15) is 43.2 Å². The third-order valence-electron chi connectivity index (χ3n) is 4.07. The van der Waals surface area contributed by atoms with Crippen molar-refractivity contribution >= 4 is 23.8 Å². The van der Waals surface area contributed by atoms with Crippen LogP contribution in [0.3, 0.4) is 0 Å². The van der Waals surface area contributed by atoms with Crippen LogP contribution < -0.4 is 5.32 Å². The van der Waals surface area contributed by atoms with E-state index in [1.54, 1.807) is 18.1 Å². The standard InChI is InChI=1S/C18H22N4S/c1-2-14-8-10-15(11-9-14)12-23-18-20-13-19-17(22-18)21-16-6-4-3-5-7-16/h2,8-11,13,16H,1,3-7,12H2,(H,19,20,21,22). The molecule has 0 atom stereocenters. The molecule has 1 saturated carbocycles. The molecule has 0 amide bonds. The monoisotopic (exact) mass is 326 g/mol. The van der Waals surface area contributed by atoms with Crippen molar-refractivity contribution in [3.05, 3.63) is 48.3 Å². The van der Waals surface area contributed by atoms with E-state index in [9.17, 15) is 0 Å². The highest BCUT2D eigenvalue weighted by molar-refractivity contribution is 7.98. The summed E-state index contributed by atoms with van der Waals surface area (Å²) in [5.41, 5.74) is 2.39. The van der Waals surface area contributed by atoms with E-state index in [1.807, 2.05) is 6.08 Å². The Morgan fingerprint density at radius 3 is 2.65 bits per heavy atom. The summed E-state index contributed by atoms with van der Waals surface area (Å²) in [6.45, 7) is 3.77. The molecule has 0 saturated heterocycles. The fourth-order valence-corrected chi connectivity index (χ4v) is 3.51. The molecular formula is C18H22N4S. The molecule has 1 aromatic carbocycles. The van der Waals surface area contributed by atoms with Gasteiger partial charge in [-0.3, -0.25) is 0 Å². The molecule has 4 nitrogen and oxygen atoms in total. The van der Waals surface area contributed by atoms with Crippen LogP contribution in [-0.2, 0) is 5.75 Å². The maximum absolute atomic E-state index is 4.53. The quantitative estimate of drug-likeness (QED) is 0.789. The van der Waals surface area contributed by atoms with E-state index in [-0.39, 0.29) is 0 Å². The summed E-state index contributed by atoms with van der Waals surface area (Å²) in [5, 5.41) is 4.22. The number of rotatable bonds is 6. The first-order chi connectivity index (χ1) is 11.3. The molecule has 1 heterocycles. The molecule has 0 radical (unpaired) electrons. The average Bonchev–Trinajstić information content (AvgIpc) is 2.62. The minimum atomic E-state index is 0.510. The van der Waals surface area contributed by atoms with Crippen molar-refractivity contribution in [3.8, 4) is 0 Å². The topological polar surface area (TPSA) is 50.7 Å². The molecule has 1 N–H and O–H groups in total. The molecule has 0 aliphatic heterocycles. The molecule has 120 valence electrons. The van der Waals surface area contributed by atoms with Crippen LogP contribution >= 0.6 is 11.8 Å². The lowest BCUT2D eigenvalue weighted by Crippen LogP contribution is -2.23. The highest BCUT2D eigenvalue weighted by Gasteiger charge is 2.14. The van der Waals surface area contributed by atoms with Crippen LogP contribution in [0.2, 0.25) is 0 Å². The molecule has 1 aliphatic rings.